The average Bonchev–Trinajstić information content (AvgIpc) is 2.36. The second-order valence-corrected chi connectivity index (χ2v) is 5.97. The van der Waals surface area contributed by atoms with Crippen LogP contribution in [0.3, 0.4) is 0 Å². The van der Waals surface area contributed by atoms with E-state index < -0.39 is 0 Å². The molecule has 0 heterocycles. The quantitative estimate of drug-likeness (QED) is 0.794. The molecule has 1 aromatic rings. The third-order valence-corrected chi connectivity index (χ3v) is 3.86. The molecule has 0 radical (unpaired) electrons. The van der Waals surface area contributed by atoms with Crippen molar-refractivity contribution in [3.63, 3.8) is 0 Å². The van der Waals surface area contributed by atoms with Crippen LogP contribution in [0.15, 0.2) is 18.2 Å². The van der Waals surface area contributed by atoms with E-state index in [0.29, 0.717) is 12.1 Å². The number of rotatable bonds is 7. The molecule has 0 amide bonds. The lowest BCUT2D eigenvalue weighted by Gasteiger charge is -2.27. The van der Waals surface area contributed by atoms with Gasteiger partial charge in [0.2, 0.25) is 0 Å². The van der Waals surface area contributed by atoms with E-state index in [1.807, 2.05) is 0 Å². The van der Waals surface area contributed by atoms with Gasteiger partial charge in [-0.2, -0.15) is 0 Å². The third kappa shape index (κ3) is 5.04. The topological polar surface area (TPSA) is 15.3 Å². The van der Waals surface area contributed by atoms with Crippen LogP contribution in [0.4, 0.5) is 5.69 Å². The first-order valence-electron chi connectivity index (χ1n) is 7.20. The molecule has 1 rings (SSSR count). The molecule has 0 aliphatic heterocycles. The molecule has 1 aromatic carbocycles. The molecule has 2 nitrogen and oxygen atoms in total. The Labute approximate surface area is 123 Å². The molecule has 19 heavy (non-hydrogen) atoms. The Hall–Kier alpha value is -0.730. The lowest BCUT2D eigenvalue weighted by Crippen LogP contribution is -2.28. The van der Waals surface area contributed by atoms with Crippen molar-refractivity contribution in [2.75, 3.05) is 11.9 Å². The minimum Gasteiger partial charge on any atom is -0.372 e. The summed E-state index contributed by atoms with van der Waals surface area (Å²) in [4.78, 5) is 2.30. The highest BCUT2D eigenvalue weighted by atomic mass is 35.5. The lowest BCUT2D eigenvalue weighted by molar-refractivity contribution is 0.588. The first-order valence-corrected chi connectivity index (χ1v) is 7.58. The summed E-state index contributed by atoms with van der Waals surface area (Å²) in [5.41, 5.74) is 2.36. The maximum atomic E-state index is 6.37. The van der Waals surface area contributed by atoms with E-state index in [0.717, 1.165) is 17.1 Å². The van der Waals surface area contributed by atoms with Gasteiger partial charge in [0.1, 0.15) is 0 Å². The minimum atomic E-state index is 0.475. The molecule has 0 aliphatic carbocycles. The monoisotopic (exact) mass is 282 g/mol. The molecule has 0 fully saturated rings. The molecule has 1 unspecified atom stereocenters. The fraction of sp³-hybridized carbons (Fsp3) is 0.625. The molecule has 0 aromatic heterocycles. The molecule has 108 valence electrons. The van der Waals surface area contributed by atoms with E-state index in [1.165, 1.54) is 18.5 Å². The summed E-state index contributed by atoms with van der Waals surface area (Å²) in [6.07, 6.45) is 2.40. The van der Waals surface area contributed by atoms with Crippen LogP contribution < -0.4 is 10.2 Å². The first kappa shape index (κ1) is 16.3. The Morgan fingerprint density at radius 2 is 1.95 bits per heavy atom. The van der Waals surface area contributed by atoms with Crippen molar-refractivity contribution in [3.05, 3.63) is 28.8 Å². The van der Waals surface area contributed by atoms with Gasteiger partial charge in [-0.3, -0.25) is 0 Å². The molecular formula is C16H27ClN2. The molecular weight excluding hydrogens is 256 g/mol. The first-order chi connectivity index (χ1) is 8.95. The molecule has 1 N–H and O–H groups in total. The van der Waals surface area contributed by atoms with Crippen LogP contribution >= 0.6 is 11.6 Å². The summed E-state index contributed by atoms with van der Waals surface area (Å²) in [6, 6.07) is 7.38. The van der Waals surface area contributed by atoms with Crippen LogP contribution in [0.5, 0.6) is 0 Å². The molecule has 0 aliphatic rings. The molecule has 0 saturated carbocycles. The van der Waals surface area contributed by atoms with Crippen LogP contribution in [0.2, 0.25) is 5.02 Å². The van der Waals surface area contributed by atoms with Gasteiger partial charge in [-0.05, 0) is 31.0 Å². The number of hydrogen-bond acceptors (Lipinski definition) is 2. The Balaban J connectivity index is 2.75. The number of benzene rings is 1. The van der Waals surface area contributed by atoms with Crippen molar-refractivity contribution in [3.8, 4) is 0 Å². The van der Waals surface area contributed by atoms with E-state index >= 15 is 0 Å². The number of nitrogens with one attached hydrogen (secondary N) is 1. The smallest absolute Gasteiger partial charge is 0.0471 e. The Kier molecular flexibility index (Phi) is 6.67. The normalized spacial score (nSPS) is 12.8. The maximum absolute atomic E-state index is 6.37. The highest BCUT2D eigenvalue weighted by molar-refractivity contribution is 6.31. The average molecular weight is 283 g/mol. The van der Waals surface area contributed by atoms with Gasteiger partial charge in [-0.25, -0.2) is 0 Å². The minimum absolute atomic E-state index is 0.475. The SMILES string of the molecule is CCCC(C)N(C)c1ccc(CNC(C)C)c(Cl)c1. The fourth-order valence-corrected chi connectivity index (χ4v) is 2.32. The van der Waals surface area contributed by atoms with E-state index in [1.54, 1.807) is 0 Å². The predicted molar refractivity (Wildman–Crippen MR) is 86.2 cm³/mol. The van der Waals surface area contributed by atoms with E-state index in [9.17, 15) is 0 Å². The van der Waals surface area contributed by atoms with Crippen molar-refractivity contribution < 1.29 is 0 Å². The van der Waals surface area contributed by atoms with Crippen molar-refractivity contribution in [2.24, 2.45) is 0 Å². The summed E-state index contributed by atoms with van der Waals surface area (Å²) < 4.78 is 0. The molecule has 0 spiro atoms. The van der Waals surface area contributed by atoms with Crippen LogP contribution in [0.1, 0.15) is 46.1 Å². The standard InChI is InChI=1S/C16H27ClN2/c1-6-7-13(4)19(5)15-9-8-14(16(17)10-15)11-18-12(2)3/h8-10,12-13,18H,6-7,11H2,1-5H3. The van der Waals surface area contributed by atoms with E-state index in [4.69, 9.17) is 11.6 Å². The van der Waals surface area contributed by atoms with Gasteiger partial charge in [0, 0.05) is 36.4 Å². The van der Waals surface area contributed by atoms with Gasteiger partial charge in [0.05, 0.1) is 0 Å². The van der Waals surface area contributed by atoms with Gasteiger partial charge in [0.15, 0.2) is 0 Å². The number of hydrogen-bond donors (Lipinski definition) is 1. The van der Waals surface area contributed by atoms with Crippen LogP contribution in [-0.4, -0.2) is 19.1 Å². The third-order valence-electron chi connectivity index (χ3n) is 3.51. The van der Waals surface area contributed by atoms with Gasteiger partial charge in [-0.15, -0.1) is 0 Å². The zero-order valence-corrected chi connectivity index (χ0v) is 13.6. The Bertz CT molecular complexity index is 390. The van der Waals surface area contributed by atoms with Crippen LogP contribution in [0.25, 0.3) is 0 Å². The van der Waals surface area contributed by atoms with E-state index in [2.05, 4.69) is 63.2 Å². The number of anilines is 1. The van der Waals surface area contributed by atoms with Crippen molar-refractivity contribution in [1.82, 2.24) is 5.32 Å². The lowest BCUT2D eigenvalue weighted by atomic mass is 10.1. The fourth-order valence-electron chi connectivity index (χ4n) is 2.08. The van der Waals surface area contributed by atoms with Crippen molar-refractivity contribution in [1.29, 1.82) is 0 Å². The zero-order chi connectivity index (χ0) is 14.4. The largest absolute Gasteiger partial charge is 0.372 e. The second kappa shape index (κ2) is 7.76. The van der Waals surface area contributed by atoms with Gasteiger partial charge < -0.3 is 10.2 Å². The van der Waals surface area contributed by atoms with Crippen LogP contribution in [-0.2, 0) is 6.54 Å². The predicted octanol–water partition coefficient (Wildman–Crippen LogP) is 4.46. The number of halogens is 1. The van der Waals surface area contributed by atoms with Crippen LogP contribution in [0, 0.1) is 0 Å². The summed E-state index contributed by atoms with van der Waals surface area (Å²) >= 11 is 6.37. The van der Waals surface area contributed by atoms with E-state index in [-0.39, 0.29) is 0 Å². The molecule has 1 atom stereocenters. The summed E-state index contributed by atoms with van der Waals surface area (Å²) in [5.74, 6) is 0. The maximum Gasteiger partial charge on any atom is 0.0471 e. The molecule has 0 bridgehead atoms. The van der Waals surface area contributed by atoms with Gasteiger partial charge >= 0.3 is 0 Å². The second-order valence-electron chi connectivity index (χ2n) is 5.56. The highest BCUT2D eigenvalue weighted by Crippen LogP contribution is 2.25. The van der Waals surface area contributed by atoms with Gasteiger partial charge in [-0.1, -0.05) is 44.9 Å². The van der Waals surface area contributed by atoms with Gasteiger partial charge in [0.25, 0.3) is 0 Å². The molecule has 0 saturated heterocycles. The summed E-state index contributed by atoms with van der Waals surface area (Å²) in [7, 11) is 2.14. The number of nitrogens with zero attached hydrogens (tertiary/aromatic N) is 1. The van der Waals surface area contributed by atoms with Crippen molar-refractivity contribution in [2.45, 2.75) is 59.2 Å². The van der Waals surface area contributed by atoms with Crippen molar-refractivity contribution >= 4 is 17.3 Å². The molecule has 3 heteroatoms. The Morgan fingerprint density at radius 1 is 1.26 bits per heavy atom. The summed E-state index contributed by atoms with van der Waals surface area (Å²) in [6.45, 7) is 9.58. The zero-order valence-electron chi connectivity index (χ0n) is 12.8. The summed E-state index contributed by atoms with van der Waals surface area (Å²) in [5, 5.41) is 4.24. The Morgan fingerprint density at radius 3 is 2.47 bits per heavy atom. The highest BCUT2D eigenvalue weighted by Gasteiger charge is 2.11.